The van der Waals surface area contributed by atoms with Crippen LogP contribution in [0, 0.1) is 0 Å². The number of aromatic nitrogens is 1. The summed E-state index contributed by atoms with van der Waals surface area (Å²) in [5.41, 5.74) is 4.23. The maximum atomic E-state index is 12.8. The Labute approximate surface area is 209 Å². The molecule has 1 fully saturated rings. The number of rotatable bonds is 6. The van der Waals surface area contributed by atoms with Gasteiger partial charge in [-0.05, 0) is 60.8 Å². The molecule has 7 heteroatoms. The van der Waals surface area contributed by atoms with Gasteiger partial charge < -0.3 is 10.2 Å². The lowest BCUT2D eigenvalue weighted by Crippen LogP contribution is -2.38. The van der Waals surface area contributed by atoms with E-state index >= 15 is 0 Å². The summed E-state index contributed by atoms with van der Waals surface area (Å²) >= 11 is 3.27. The number of carbonyl (C=O) groups excluding carboxylic acids is 2. The Morgan fingerprint density at radius 1 is 1.06 bits per heavy atom. The minimum Gasteiger partial charge on any atom is -0.347 e. The number of thiazole rings is 1. The fraction of sp³-hybridized carbons (Fsp3) is 0.370. The number of thioether (sulfide) groups is 1. The van der Waals surface area contributed by atoms with E-state index in [1.165, 1.54) is 16.0 Å². The van der Waals surface area contributed by atoms with Crippen molar-refractivity contribution in [3.05, 3.63) is 81.3 Å². The van der Waals surface area contributed by atoms with Crippen molar-refractivity contribution in [2.75, 3.05) is 19.3 Å². The smallest absolute Gasteiger partial charge is 0.270 e. The van der Waals surface area contributed by atoms with Crippen molar-refractivity contribution in [3.8, 4) is 0 Å². The third-order valence-electron chi connectivity index (χ3n) is 6.85. The molecule has 1 N–H and O–H groups in total. The van der Waals surface area contributed by atoms with Crippen LogP contribution in [0.1, 0.15) is 50.9 Å². The minimum atomic E-state index is -0.0830. The summed E-state index contributed by atoms with van der Waals surface area (Å²) in [5, 5.41) is 6.05. The Morgan fingerprint density at radius 3 is 2.38 bits per heavy atom. The molecule has 2 aromatic carbocycles. The van der Waals surface area contributed by atoms with E-state index in [4.69, 9.17) is 0 Å². The number of benzene rings is 2. The van der Waals surface area contributed by atoms with Gasteiger partial charge in [-0.25, -0.2) is 4.98 Å². The van der Waals surface area contributed by atoms with E-state index in [1.807, 2.05) is 22.4 Å². The Bertz CT molecular complexity index is 1140. The summed E-state index contributed by atoms with van der Waals surface area (Å²) in [5.74, 6) is 0.416. The van der Waals surface area contributed by atoms with Crippen LogP contribution < -0.4 is 5.32 Å². The number of fused-ring (bicyclic) bond motifs is 1. The molecule has 0 radical (unpaired) electrons. The van der Waals surface area contributed by atoms with Gasteiger partial charge in [0.05, 0.1) is 11.4 Å². The molecule has 5 rings (SSSR count). The first-order valence-electron chi connectivity index (χ1n) is 11.8. The van der Waals surface area contributed by atoms with Gasteiger partial charge in [0.15, 0.2) is 0 Å². The summed E-state index contributed by atoms with van der Waals surface area (Å²) in [7, 11) is 0. The van der Waals surface area contributed by atoms with Crippen LogP contribution in [0.5, 0.6) is 0 Å². The summed E-state index contributed by atoms with van der Waals surface area (Å²) < 4.78 is 0. The molecule has 176 valence electrons. The molecule has 34 heavy (non-hydrogen) atoms. The van der Waals surface area contributed by atoms with E-state index in [0.29, 0.717) is 18.0 Å². The molecule has 0 bridgehead atoms. The number of nitrogens with zero attached hydrogens (tertiary/aromatic N) is 2. The third-order valence-corrected chi connectivity index (χ3v) is 8.60. The summed E-state index contributed by atoms with van der Waals surface area (Å²) in [6.45, 7) is 1.49. The number of amides is 2. The topological polar surface area (TPSA) is 62.3 Å². The molecule has 2 amide bonds. The SMILES string of the molecule is CSc1ccc(CC(=O)N2CCC(c3nc(C(=O)NC4Cc5ccccc5C4)cs3)CC2)cc1. The van der Waals surface area contributed by atoms with Crippen molar-refractivity contribution in [1.82, 2.24) is 15.2 Å². The molecule has 0 spiro atoms. The van der Waals surface area contributed by atoms with Gasteiger partial charge in [0.25, 0.3) is 5.91 Å². The van der Waals surface area contributed by atoms with Gasteiger partial charge in [0.2, 0.25) is 5.91 Å². The van der Waals surface area contributed by atoms with E-state index in [2.05, 4.69) is 53.0 Å². The van der Waals surface area contributed by atoms with Gasteiger partial charge in [-0.2, -0.15) is 0 Å². The van der Waals surface area contributed by atoms with Crippen LogP contribution in [-0.4, -0.2) is 47.1 Å². The molecule has 0 saturated carbocycles. The van der Waals surface area contributed by atoms with Crippen molar-refractivity contribution >= 4 is 34.9 Å². The lowest BCUT2D eigenvalue weighted by Gasteiger charge is -2.31. The zero-order valence-corrected chi connectivity index (χ0v) is 21.0. The van der Waals surface area contributed by atoms with Gasteiger partial charge in [-0.3, -0.25) is 9.59 Å². The first-order valence-corrected chi connectivity index (χ1v) is 13.9. The summed E-state index contributed by atoms with van der Waals surface area (Å²) in [6.07, 6.45) is 6.05. The zero-order valence-electron chi connectivity index (χ0n) is 19.3. The average molecular weight is 492 g/mol. The second-order valence-electron chi connectivity index (χ2n) is 9.10. The van der Waals surface area contributed by atoms with Crippen molar-refractivity contribution in [3.63, 3.8) is 0 Å². The van der Waals surface area contributed by atoms with Crippen LogP contribution in [0.25, 0.3) is 0 Å². The molecular formula is C27H29N3O2S2. The molecule has 1 saturated heterocycles. The second-order valence-corrected chi connectivity index (χ2v) is 10.9. The van der Waals surface area contributed by atoms with Crippen LogP contribution in [-0.2, 0) is 24.1 Å². The molecule has 2 aliphatic rings. The van der Waals surface area contributed by atoms with Crippen LogP contribution in [0.2, 0.25) is 0 Å². The van der Waals surface area contributed by atoms with E-state index in [1.54, 1.807) is 23.1 Å². The highest BCUT2D eigenvalue weighted by atomic mass is 32.2. The largest absolute Gasteiger partial charge is 0.347 e. The van der Waals surface area contributed by atoms with E-state index in [0.717, 1.165) is 49.3 Å². The van der Waals surface area contributed by atoms with Gasteiger partial charge >= 0.3 is 0 Å². The fourth-order valence-corrected chi connectivity index (χ4v) is 6.28. The molecule has 1 aliphatic carbocycles. The molecule has 0 unspecified atom stereocenters. The van der Waals surface area contributed by atoms with Crippen molar-refractivity contribution < 1.29 is 9.59 Å². The van der Waals surface area contributed by atoms with Gasteiger partial charge in [-0.1, -0.05) is 36.4 Å². The number of carbonyl (C=O) groups is 2. The Balaban J connectivity index is 1.11. The molecular weight excluding hydrogens is 462 g/mol. The average Bonchev–Trinajstić information content (AvgIpc) is 3.52. The molecule has 2 heterocycles. The zero-order chi connectivity index (χ0) is 23.5. The van der Waals surface area contributed by atoms with E-state index in [9.17, 15) is 9.59 Å². The van der Waals surface area contributed by atoms with Crippen molar-refractivity contribution in [1.29, 1.82) is 0 Å². The molecule has 1 aromatic heterocycles. The predicted octanol–water partition coefficient (Wildman–Crippen LogP) is 4.71. The quantitative estimate of drug-likeness (QED) is 0.507. The number of likely N-dealkylation sites (tertiary alicyclic amines) is 1. The van der Waals surface area contributed by atoms with Crippen molar-refractivity contribution in [2.45, 2.75) is 49.0 Å². The monoisotopic (exact) mass is 491 g/mol. The fourth-order valence-electron chi connectivity index (χ4n) is 4.91. The Hall–Kier alpha value is -2.64. The normalized spacial score (nSPS) is 16.4. The van der Waals surface area contributed by atoms with Gasteiger partial charge in [0, 0.05) is 35.3 Å². The van der Waals surface area contributed by atoms with Crippen LogP contribution >= 0.6 is 23.1 Å². The van der Waals surface area contributed by atoms with Crippen LogP contribution in [0.3, 0.4) is 0 Å². The predicted molar refractivity (Wildman–Crippen MR) is 138 cm³/mol. The van der Waals surface area contributed by atoms with E-state index < -0.39 is 0 Å². The molecule has 3 aromatic rings. The van der Waals surface area contributed by atoms with Crippen LogP contribution in [0.4, 0.5) is 0 Å². The highest BCUT2D eigenvalue weighted by molar-refractivity contribution is 7.98. The standard InChI is InChI=1S/C27H29N3O2S2/c1-33-23-8-6-18(7-9-23)14-25(31)30-12-10-19(11-13-30)27-29-24(17-34-27)26(32)28-22-15-20-4-2-3-5-21(20)16-22/h2-9,17,19,22H,10-16H2,1H3,(H,28,32). The Morgan fingerprint density at radius 2 is 1.74 bits per heavy atom. The lowest BCUT2D eigenvalue weighted by molar-refractivity contribution is -0.131. The Kier molecular flexibility index (Phi) is 7.02. The highest BCUT2D eigenvalue weighted by Crippen LogP contribution is 2.31. The second kappa shape index (κ2) is 10.3. The lowest BCUT2D eigenvalue weighted by atomic mass is 9.97. The number of hydrogen-bond donors (Lipinski definition) is 1. The summed E-state index contributed by atoms with van der Waals surface area (Å²) in [4.78, 5) is 33.4. The number of hydrogen-bond acceptors (Lipinski definition) is 5. The first-order chi connectivity index (χ1) is 16.6. The molecule has 5 nitrogen and oxygen atoms in total. The highest BCUT2D eigenvalue weighted by Gasteiger charge is 2.28. The van der Waals surface area contributed by atoms with Gasteiger partial charge in [0.1, 0.15) is 5.69 Å². The first kappa shape index (κ1) is 23.1. The van der Waals surface area contributed by atoms with Crippen LogP contribution in [0.15, 0.2) is 58.8 Å². The minimum absolute atomic E-state index is 0.0830. The molecule has 0 atom stereocenters. The third kappa shape index (κ3) is 5.20. The van der Waals surface area contributed by atoms with Gasteiger partial charge in [-0.15, -0.1) is 23.1 Å². The van der Waals surface area contributed by atoms with E-state index in [-0.39, 0.29) is 17.9 Å². The number of nitrogens with one attached hydrogen (secondary N) is 1. The maximum absolute atomic E-state index is 12.8. The van der Waals surface area contributed by atoms with Crippen molar-refractivity contribution in [2.24, 2.45) is 0 Å². The number of piperidine rings is 1. The maximum Gasteiger partial charge on any atom is 0.270 e. The molecule has 1 aliphatic heterocycles. The summed E-state index contributed by atoms with van der Waals surface area (Å²) in [6, 6.07) is 16.8.